The van der Waals surface area contributed by atoms with Gasteiger partial charge in [-0.3, -0.25) is 9.59 Å². The van der Waals surface area contributed by atoms with E-state index in [0.29, 0.717) is 5.56 Å². The molecule has 0 saturated carbocycles. The Bertz CT molecular complexity index is 566. The van der Waals surface area contributed by atoms with Gasteiger partial charge in [-0.25, -0.2) is 10.2 Å². The van der Waals surface area contributed by atoms with E-state index in [1.807, 2.05) is 0 Å². The molecule has 6 nitrogen and oxygen atoms in total. The Balaban J connectivity index is 1.98. The molecule has 1 heterocycles. The molecule has 1 aromatic carbocycles. The lowest BCUT2D eigenvalue weighted by molar-refractivity contribution is -0.138. The summed E-state index contributed by atoms with van der Waals surface area (Å²) in [6.07, 6.45) is -0.489. The van der Waals surface area contributed by atoms with E-state index in [9.17, 15) is 14.4 Å². The largest absolute Gasteiger partial charge is 0.450 e. The van der Waals surface area contributed by atoms with Gasteiger partial charge in [0.25, 0.3) is 0 Å². The lowest BCUT2D eigenvalue weighted by Crippen LogP contribution is -2.34. The summed E-state index contributed by atoms with van der Waals surface area (Å²) in [6, 6.07) is 8.59. The second kappa shape index (κ2) is 6.10. The fraction of sp³-hybridized carbons (Fsp3) is 0.286. The second-order valence-corrected chi connectivity index (χ2v) is 4.37. The topological polar surface area (TPSA) is 84.8 Å². The van der Waals surface area contributed by atoms with Crippen LogP contribution < -0.4 is 5.43 Å². The Morgan fingerprint density at radius 2 is 1.95 bits per heavy atom. The third kappa shape index (κ3) is 3.28. The maximum Gasteiger partial charge on any atom is 0.355 e. The predicted molar refractivity (Wildman–Crippen MR) is 71.1 cm³/mol. The molecule has 0 spiro atoms. The Labute approximate surface area is 115 Å². The Morgan fingerprint density at radius 1 is 1.25 bits per heavy atom. The van der Waals surface area contributed by atoms with Crippen LogP contribution >= 0.6 is 0 Å². The molecule has 104 valence electrons. The summed E-state index contributed by atoms with van der Waals surface area (Å²) in [4.78, 5) is 34.7. The molecule has 0 radical (unpaired) electrons. The SMILES string of the molecule is CC(OC(=O)C1=NNC(=O)CC1)C(=O)c1ccccc1. The first-order chi connectivity index (χ1) is 9.58. The van der Waals surface area contributed by atoms with E-state index >= 15 is 0 Å². The molecule has 1 aromatic rings. The molecular weight excluding hydrogens is 260 g/mol. The van der Waals surface area contributed by atoms with Crippen LogP contribution in [0.3, 0.4) is 0 Å². The summed E-state index contributed by atoms with van der Waals surface area (Å²) in [7, 11) is 0. The summed E-state index contributed by atoms with van der Waals surface area (Å²) >= 11 is 0. The number of hydrogen-bond donors (Lipinski definition) is 1. The molecular formula is C14H14N2O4. The maximum atomic E-state index is 12.0. The second-order valence-electron chi connectivity index (χ2n) is 4.37. The number of Topliss-reactive ketones (excluding diaryl/α,β-unsaturated/α-hetero) is 1. The maximum absolute atomic E-state index is 12.0. The zero-order valence-electron chi connectivity index (χ0n) is 11.0. The molecule has 0 aromatic heterocycles. The molecule has 1 amide bonds. The molecule has 20 heavy (non-hydrogen) atoms. The number of ketones is 1. The molecule has 1 N–H and O–H groups in total. The number of ether oxygens (including phenoxy) is 1. The van der Waals surface area contributed by atoms with Crippen LogP contribution in [-0.2, 0) is 14.3 Å². The van der Waals surface area contributed by atoms with Crippen molar-refractivity contribution in [1.29, 1.82) is 0 Å². The number of nitrogens with one attached hydrogen (secondary N) is 1. The van der Waals surface area contributed by atoms with E-state index in [1.54, 1.807) is 30.3 Å². The molecule has 1 aliphatic heterocycles. The van der Waals surface area contributed by atoms with E-state index in [2.05, 4.69) is 10.5 Å². The smallest absolute Gasteiger partial charge is 0.355 e. The van der Waals surface area contributed by atoms with Crippen LogP contribution in [0.5, 0.6) is 0 Å². The van der Waals surface area contributed by atoms with Crippen LogP contribution in [-0.4, -0.2) is 29.5 Å². The normalized spacial score (nSPS) is 15.8. The number of hydrazone groups is 1. The summed E-state index contributed by atoms with van der Waals surface area (Å²) in [5.74, 6) is -1.20. The lowest BCUT2D eigenvalue weighted by atomic mass is 10.1. The highest BCUT2D eigenvalue weighted by Gasteiger charge is 2.24. The van der Waals surface area contributed by atoms with Crippen molar-refractivity contribution in [1.82, 2.24) is 5.43 Å². The Kier molecular flexibility index (Phi) is 4.24. The summed E-state index contributed by atoms with van der Waals surface area (Å²) in [6.45, 7) is 1.51. The Morgan fingerprint density at radius 3 is 2.55 bits per heavy atom. The number of esters is 1. The van der Waals surface area contributed by atoms with Gasteiger partial charge in [0.1, 0.15) is 5.71 Å². The van der Waals surface area contributed by atoms with Gasteiger partial charge in [0.15, 0.2) is 6.10 Å². The minimum atomic E-state index is -0.898. The van der Waals surface area contributed by atoms with E-state index in [4.69, 9.17) is 4.74 Å². The molecule has 0 saturated heterocycles. The van der Waals surface area contributed by atoms with Crippen LogP contribution in [0.25, 0.3) is 0 Å². The third-order valence-corrected chi connectivity index (χ3v) is 2.85. The minimum absolute atomic E-state index is 0.123. The van der Waals surface area contributed by atoms with Gasteiger partial charge in [-0.2, -0.15) is 5.10 Å². The van der Waals surface area contributed by atoms with Gasteiger partial charge >= 0.3 is 5.97 Å². The van der Waals surface area contributed by atoms with Crippen molar-refractivity contribution in [2.75, 3.05) is 0 Å². The monoisotopic (exact) mass is 274 g/mol. The first kappa shape index (κ1) is 13.9. The van der Waals surface area contributed by atoms with Crippen LogP contribution in [0.15, 0.2) is 35.4 Å². The van der Waals surface area contributed by atoms with Crippen molar-refractivity contribution in [2.24, 2.45) is 5.10 Å². The third-order valence-electron chi connectivity index (χ3n) is 2.85. The van der Waals surface area contributed by atoms with Gasteiger partial charge in [-0.1, -0.05) is 30.3 Å². The van der Waals surface area contributed by atoms with Gasteiger partial charge in [0.05, 0.1) is 0 Å². The molecule has 2 rings (SSSR count). The van der Waals surface area contributed by atoms with E-state index in [-0.39, 0.29) is 30.2 Å². The molecule has 1 aliphatic rings. The number of carbonyl (C=O) groups is 3. The molecule has 0 bridgehead atoms. The van der Waals surface area contributed by atoms with Crippen LogP contribution in [0.1, 0.15) is 30.1 Å². The average molecular weight is 274 g/mol. The fourth-order valence-electron chi connectivity index (χ4n) is 1.74. The van der Waals surface area contributed by atoms with E-state index in [1.165, 1.54) is 6.92 Å². The predicted octanol–water partition coefficient (Wildman–Crippen LogP) is 1.07. The van der Waals surface area contributed by atoms with Gasteiger partial charge < -0.3 is 4.74 Å². The highest BCUT2D eigenvalue weighted by Crippen LogP contribution is 2.08. The van der Waals surface area contributed by atoms with Gasteiger partial charge in [-0.05, 0) is 6.92 Å². The number of nitrogens with zero attached hydrogens (tertiary/aromatic N) is 1. The molecule has 1 unspecified atom stereocenters. The van der Waals surface area contributed by atoms with Gasteiger partial charge in [0, 0.05) is 18.4 Å². The van der Waals surface area contributed by atoms with Crippen LogP contribution in [0.4, 0.5) is 0 Å². The zero-order chi connectivity index (χ0) is 14.5. The number of amides is 1. The summed E-state index contributed by atoms with van der Waals surface area (Å²) in [5, 5.41) is 3.63. The first-order valence-corrected chi connectivity index (χ1v) is 6.23. The highest BCUT2D eigenvalue weighted by molar-refractivity contribution is 6.37. The van der Waals surface area contributed by atoms with Crippen molar-refractivity contribution in [3.05, 3.63) is 35.9 Å². The average Bonchev–Trinajstić information content (AvgIpc) is 2.48. The van der Waals surface area contributed by atoms with E-state index < -0.39 is 12.1 Å². The van der Waals surface area contributed by atoms with Crippen LogP contribution in [0, 0.1) is 0 Å². The van der Waals surface area contributed by atoms with Gasteiger partial charge in [0.2, 0.25) is 11.7 Å². The Hall–Kier alpha value is -2.50. The highest BCUT2D eigenvalue weighted by atomic mass is 16.5. The lowest BCUT2D eigenvalue weighted by Gasteiger charge is -2.15. The summed E-state index contributed by atoms with van der Waals surface area (Å²) < 4.78 is 5.07. The van der Waals surface area contributed by atoms with Crippen LogP contribution in [0.2, 0.25) is 0 Å². The number of benzene rings is 1. The van der Waals surface area contributed by atoms with Crippen molar-refractivity contribution in [3.63, 3.8) is 0 Å². The first-order valence-electron chi connectivity index (χ1n) is 6.23. The van der Waals surface area contributed by atoms with Gasteiger partial charge in [-0.15, -0.1) is 0 Å². The molecule has 1 atom stereocenters. The van der Waals surface area contributed by atoms with E-state index in [0.717, 1.165) is 0 Å². The van der Waals surface area contributed by atoms with Crippen molar-refractivity contribution < 1.29 is 19.1 Å². The quantitative estimate of drug-likeness (QED) is 0.657. The molecule has 0 fully saturated rings. The fourth-order valence-corrected chi connectivity index (χ4v) is 1.74. The molecule has 0 aliphatic carbocycles. The number of rotatable bonds is 4. The zero-order valence-corrected chi connectivity index (χ0v) is 11.0. The van der Waals surface area contributed by atoms with Crippen molar-refractivity contribution in [3.8, 4) is 0 Å². The number of hydrogen-bond acceptors (Lipinski definition) is 5. The van der Waals surface area contributed by atoms with Crippen molar-refractivity contribution >= 4 is 23.4 Å². The molecule has 6 heteroatoms. The summed E-state index contributed by atoms with van der Waals surface area (Å²) in [5.41, 5.74) is 2.81. The minimum Gasteiger partial charge on any atom is -0.450 e. The standard InChI is InChI=1S/C14H14N2O4/c1-9(13(18)10-5-3-2-4-6-10)20-14(19)11-7-8-12(17)16-15-11/h2-6,9H,7-8H2,1H3,(H,16,17). The van der Waals surface area contributed by atoms with Crippen molar-refractivity contribution in [2.45, 2.75) is 25.9 Å². The number of carbonyl (C=O) groups excluding carboxylic acids is 3.